The Hall–Kier alpha value is -2.40. The van der Waals surface area contributed by atoms with Crippen molar-refractivity contribution in [2.45, 2.75) is 11.8 Å². The van der Waals surface area contributed by atoms with Gasteiger partial charge in [-0.05, 0) is 55.0 Å². The fraction of sp³-hybridized carbons (Fsp3) is 0.125. The highest BCUT2D eigenvalue weighted by molar-refractivity contribution is 7.89. The van der Waals surface area contributed by atoms with Gasteiger partial charge >= 0.3 is 0 Å². The number of carbonyl (C=O) groups excluding carboxylic acids is 1. The lowest BCUT2D eigenvalue weighted by Gasteiger charge is -2.09. The van der Waals surface area contributed by atoms with E-state index in [4.69, 9.17) is 16.9 Å². The van der Waals surface area contributed by atoms with Crippen molar-refractivity contribution in [3.63, 3.8) is 0 Å². The van der Waals surface area contributed by atoms with E-state index in [0.717, 1.165) is 0 Å². The molecule has 0 aromatic heterocycles. The Morgan fingerprint density at radius 1 is 1.21 bits per heavy atom. The van der Waals surface area contributed by atoms with Crippen LogP contribution < -0.4 is 10.0 Å². The van der Waals surface area contributed by atoms with Crippen LogP contribution in [0.5, 0.6) is 0 Å². The van der Waals surface area contributed by atoms with Gasteiger partial charge in [-0.1, -0.05) is 11.6 Å². The van der Waals surface area contributed by atoms with Crippen LogP contribution in [0, 0.1) is 18.3 Å². The Morgan fingerprint density at radius 2 is 1.88 bits per heavy atom. The van der Waals surface area contributed by atoms with Crippen LogP contribution in [-0.4, -0.2) is 20.9 Å². The highest BCUT2D eigenvalue weighted by Crippen LogP contribution is 2.19. The first kappa shape index (κ1) is 17.9. The van der Waals surface area contributed by atoms with Crippen molar-refractivity contribution in [2.75, 3.05) is 11.9 Å². The van der Waals surface area contributed by atoms with Crippen LogP contribution in [0.3, 0.4) is 0 Å². The first-order valence-electron chi connectivity index (χ1n) is 6.87. The molecule has 1 amide bonds. The van der Waals surface area contributed by atoms with Crippen LogP contribution in [0.25, 0.3) is 0 Å². The normalized spacial score (nSPS) is 10.9. The molecule has 24 heavy (non-hydrogen) atoms. The van der Waals surface area contributed by atoms with Crippen LogP contribution >= 0.6 is 11.6 Å². The number of carbonyl (C=O) groups is 1. The van der Waals surface area contributed by atoms with E-state index in [1.165, 1.54) is 18.2 Å². The van der Waals surface area contributed by atoms with Gasteiger partial charge in [0, 0.05) is 10.7 Å². The minimum atomic E-state index is -3.81. The average molecular weight is 364 g/mol. The molecule has 0 aliphatic carbocycles. The molecule has 0 atom stereocenters. The molecule has 0 fully saturated rings. The smallest absolute Gasteiger partial charge is 0.241 e. The summed E-state index contributed by atoms with van der Waals surface area (Å²) in [7, 11) is -3.81. The zero-order chi connectivity index (χ0) is 17.7. The number of aryl methyl sites for hydroxylation is 1. The van der Waals surface area contributed by atoms with Gasteiger partial charge in [0.25, 0.3) is 0 Å². The van der Waals surface area contributed by atoms with Gasteiger partial charge < -0.3 is 5.32 Å². The lowest BCUT2D eigenvalue weighted by molar-refractivity contribution is -0.115. The van der Waals surface area contributed by atoms with E-state index < -0.39 is 22.5 Å². The number of hydrogen-bond donors (Lipinski definition) is 2. The molecule has 0 saturated heterocycles. The largest absolute Gasteiger partial charge is 0.325 e. The topological polar surface area (TPSA) is 99.1 Å². The van der Waals surface area contributed by atoms with Gasteiger partial charge in [-0.2, -0.15) is 5.26 Å². The van der Waals surface area contributed by atoms with Gasteiger partial charge in [0.05, 0.1) is 23.1 Å². The zero-order valence-electron chi connectivity index (χ0n) is 12.7. The lowest BCUT2D eigenvalue weighted by atomic mass is 10.2. The predicted molar refractivity (Wildman–Crippen MR) is 91.2 cm³/mol. The van der Waals surface area contributed by atoms with Crippen molar-refractivity contribution in [1.29, 1.82) is 5.26 Å². The van der Waals surface area contributed by atoms with Gasteiger partial charge in [-0.15, -0.1) is 0 Å². The Balaban J connectivity index is 1.99. The standard InChI is InChI=1S/C16H14ClN3O3S/c1-11-8-14(6-7-15(11)17)24(22,23)19-10-16(21)20-13-4-2-12(9-18)3-5-13/h2-8,19H,10H2,1H3,(H,20,21). The maximum atomic E-state index is 12.2. The van der Waals surface area contributed by atoms with Crippen molar-refractivity contribution >= 4 is 33.2 Å². The molecule has 2 aromatic carbocycles. The fourth-order valence-electron chi connectivity index (χ4n) is 1.86. The Bertz CT molecular complexity index is 903. The molecule has 8 heteroatoms. The maximum Gasteiger partial charge on any atom is 0.241 e. The predicted octanol–water partition coefficient (Wildman–Crippen LogP) is 2.44. The van der Waals surface area contributed by atoms with Gasteiger partial charge in [0.1, 0.15) is 0 Å². The quantitative estimate of drug-likeness (QED) is 0.852. The average Bonchev–Trinajstić information content (AvgIpc) is 2.56. The summed E-state index contributed by atoms with van der Waals surface area (Å²) in [5.41, 5.74) is 1.56. The summed E-state index contributed by atoms with van der Waals surface area (Å²) in [6.07, 6.45) is 0. The molecule has 0 heterocycles. The van der Waals surface area contributed by atoms with Gasteiger partial charge in [0.15, 0.2) is 0 Å². The number of nitrogens with zero attached hydrogens (tertiary/aromatic N) is 1. The monoisotopic (exact) mass is 363 g/mol. The number of nitriles is 1. The van der Waals surface area contributed by atoms with E-state index in [0.29, 0.717) is 21.8 Å². The summed E-state index contributed by atoms with van der Waals surface area (Å²) in [4.78, 5) is 11.9. The van der Waals surface area contributed by atoms with Crippen LogP contribution in [0.15, 0.2) is 47.4 Å². The third kappa shape index (κ3) is 4.55. The fourth-order valence-corrected chi connectivity index (χ4v) is 3.05. The van der Waals surface area contributed by atoms with Gasteiger partial charge in [-0.3, -0.25) is 4.79 Å². The molecule has 0 spiro atoms. The van der Waals surface area contributed by atoms with Gasteiger partial charge in [-0.25, -0.2) is 13.1 Å². The third-order valence-corrected chi connectivity index (χ3v) is 4.98. The summed E-state index contributed by atoms with van der Waals surface area (Å²) in [5.74, 6) is -0.519. The minimum Gasteiger partial charge on any atom is -0.325 e. The summed E-state index contributed by atoms with van der Waals surface area (Å²) in [6.45, 7) is 1.28. The molecule has 6 nitrogen and oxygen atoms in total. The molecule has 0 saturated carbocycles. The second-order valence-electron chi connectivity index (χ2n) is 4.97. The van der Waals surface area contributed by atoms with Crippen molar-refractivity contribution < 1.29 is 13.2 Å². The van der Waals surface area contributed by atoms with E-state index in [1.54, 1.807) is 31.2 Å². The molecule has 2 aromatic rings. The number of rotatable bonds is 5. The first-order valence-corrected chi connectivity index (χ1v) is 8.74. The first-order chi connectivity index (χ1) is 11.3. The Morgan fingerprint density at radius 3 is 2.46 bits per heavy atom. The molecule has 0 aliphatic rings. The molecule has 124 valence electrons. The molecular formula is C16H14ClN3O3S. The number of halogens is 1. The van der Waals surface area contributed by atoms with Crippen LogP contribution in [0.2, 0.25) is 5.02 Å². The van der Waals surface area contributed by atoms with E-state index >= 15 is 0 Å². The highest BCUT2D eigenvalue weighted by Gasteiger charge is 2.16. The molecule has 0 unspecified atom stereocenters. The molecule has 2 rings (SSSR count). The number of sulfonamides is 1. The Kier molecular flexibility index (Phi) is 5.57. The molecular weight excluding hydrogens is 350 g/mol. The summed E-state index contributed by atoms with van der Waals surface area (Å²) < 4.78 is 26.6. The number of nitrogens with one attached hydrogen (secondary N) is 2. The SMILES string of the molecule is Cc1cc(S(=O)(=O)NCC(=O)Nc2ccc(C#N)cc2)ccc1Cl. The molecule has 0 bridgehead atoms. The maximum absolute atomic E-state index is 12.2. The summed E-state index contributed by atoms with van der Waals surface area (Å²) in [6, 6.07) is 12.5. The third-order valence-electron chi connectivity index (χ3n) is 3.16. The van der Waals surface area contributed by atoms with Crippen molar-refractivity contribution in [3.05, 3.63) is 58.6 Å². The van der Waals surface area contributed by atoms with Crippen LogP contribution in [-0.2, 0) is 14.8 Å². The number of anilines is 1. The van der Waals surface area contributed by atoms with Gasteiger partial charge in [0.2, 0.25) is 15.9 Å². The summed E-state index contributed by atoms with van der Waals surface area (Å²) >= 11 is 5.87. The van der Waals surface area contributed by atoms with Crippen molar-refractivity contribution in [2.24, 2.45) is 0 Å². The zero-order valence-corrected chi connectivity index (χ0v) is 14.3. The van der Waals surface area contributed by atoms with Crippen molar-refractivity contribution in [1.82, 2.24) is 4.72 Å². The second kappa shape index (κ2) is 7.45. The lowest BCUT2D eigenvalue weighted by Crippen LogP contribution is -2.32. The van der Waals surface area contributed by atoms with E-state index in [9.17, 15) is 13.2 Å². The summed E-state index contributed by atoms with van der Waals surface area (Å²) in [5, 5.41) is 11.7. The molecule has 2 N–H and O–H groups in total. The minimum absolute atomic E-state index is 0.0376. The molecule has 0 radical (unpaired) electrons. The number of hydrogen-bond acceptors (Lipinski definition) is 4. The molecule has 0 aliphatic heterocycles. The van der Waals surface area contributed by atoms with Crippen LogP contribution in [0.1, 0.15) is 11.1 Å². The highest BCUT2D eigenvalue weighted by atomic mass is 35.5. The van der Waals surface area contributed by atoms with Crippen LogP contribution in [0.4, 0.5) is 5.69 Å². The van der Waals surface area contributed by atoms with E-state index in [2.05, 4.69) is 10.0 Å². The van der Waals surface area contributed by atoms with E-state index in [1.807, 2.05) is 6.07 Å². The number of amides is 1. The van der Waals surface area contributed by atoms with E-state index in [-0.39, 0.29) is 4.90 Å². The second-order valence-corrected chi connectivity index (χ2v) is 7.15. The number of benzene rings is 2. The Labute approximate surface area is 145 Å². The van der Waals surface area contributed by atoms with Crippen molar-refractivity contribution in [3.8, 4) is 6.07 Å².